The monoisotopic (exact) mass is 215 g/mol. The number of hydrogen-bond donors (Lipinski definition) is 1. The second-order valence-corrected chi connectivity index (χ2v) is 4.60. The molecule has 0 saturated heterocycles. The van der Waals surface area contributed by atoms with Crippen LogP contribution in [0.15, 0.2) is 4.52 Å². The van der Waals surface area contributed by atoms with Gasteiger partial charge in [0.15, 0.2) is 5.82 Å². The van der Waals surface area contributed by atoms with Crippen LogP contribution >= 0.6 is 11.8 Å². The number of hydrogen-bond acceptors (Lipinski definition) is 5. The van der Waals surface area contributed by atoms with Gasteiger partial charge in [-0.3, -0.25) is 0 Å². The standard InChI is InChI=1S/C9H17N3OS/c1-3-7(2)14-6-8-11-9(4-5-10)13-12-8/h7H,3-6,10H2,1-2H3. The molecule has 0 radical (unpaired) electrons. The molecule has 14 heavy (non-hydrogen) atoms. The molecule has 5 heteroatoms. The number of aromatic nitrogens is 2. The minimum atomic E-state index is 0.556. The molecule has 0 bridgehead atoms. The lowest BCUT2D eigenvalue weighted by Gasteiger charge is -2.04. The van der Waals surface area contributed by atoms with E-state index >= 15 is 0 Å². The summed E-state index contributed by atoms with van der Waals surface area (Å²) in [5.74, 6) is 2.24. The largest absolute Gasteiger partial charge is 0.339 e. The van der Waals surface area contributed by atoms with Gasteiger partial charge in [0.1, 0.15) is 0 Å². The van der Waals surface area contributed by atoms with E-state index in [4.69, 9.17) is 10.3 Å². The highest BCUT2D eigenvalue weighted by atomic mass is 32.2. The lowest BCUT2D eigenvalue weighted by Crippen LogP contribution is -2.02. The minimum Gasteiger partial charge on any atom is -0.339 e. The number of nitrogens with two attached hydrogens (primary N) is 1. The average molecular weight is 215 g/mol. The van der Waals surface area contributed by atoms with Crippen LogP contribution in [0.5, 0.6) is 0 Å². The Balaban J connectivity index is 2.35. The number of nitrogens with zero attached hydrogens (tertiary/aromatic N) is 2. The van der Waals surface area contributed by atoms with Gasteiger partial charge in [0, 0.05) is 18.2 Å². The van der Waals surface area contributed by atoms with Crippen LogP contribution in [0.1, 0.15) is 32.0 Å². The maximum Gasteiger partial charge on any atom is 0.227 e. The molecule has 1 aromatic rings. The number of thioether (sulfide) groups is 1. The molecule has 0 saturated carbocycles. The summed E-state index contributed by atoms with van der Waals surface area (Å²) < 4.78 is 5.02. The molecule has 0 spiro atoms. The minimum absolute atomic E-state index is 0.556. The Kier molecular flexibility index (Phi) is 4.97. The topological polar surface area (TPSA) is 64.9 Å². The van der Waals surface area contributed by atoms with Gasteiger partial charge in [-0.1, -0.05) is 19.0 Å². The van der Waals surface area contributed by atoms with Crippen LogP contribution in [-0.2, 0) is 12.2 Å². The lowest BCUT2D eigenvalue weighted by atomic mass is 10.4. The normalized spacial score (nSPS) is 13.1. The van der Waals surface area contributed by atoms with E-state index in [1.54, 1.807) is 0 Å². The van der Waals surface area contributed by atoms with E-state index in [9.17, 15) is 0 Å². The molecule has 1 rings (SSSR count). The first-order valence-corrected chi connectivity index (χ1v) is 5.94. The first kappa shape index (κ1) is 11.5. The predicted molar refractivity (Wildman–Crippen MR) is 58.1 cm³/mol. The fourth-order valence-corrected chi connectivity index (χ4v) is 1.69. The van der Waals surface area contributed by atoms with Gasteiger partial charge in [-0.25, -0.2) is 0 Å². The maximum atomic E-state index is 5.38. The van der Waals surface area contributed by atoms with E-state index in [1.807, 2.05) is 11.8 Å². The van der Waals surface area contributed by atoms with Gasteiger partial charge in [-0.15, -0.1) is 0 Å². The summed E-state index contributed by atoms with van der Waals surface area (Å²) in [6, 6.07) is 0. The smallest absolute Gasteiger partial charge is 0.227 e. The second kappa shape index (κ2) is 6.03. The van der Waals surface area contributed by atoms with Crippen molar-refractivity contribution in [3.05, 3.63) is 11.7 Å². The Morgan fingerprint density at radius 1 is 1.57 bits per heavy atom. The molecule has 0 aliphatic rings. The van der Waals surface area contributed by atoms with E-state index in [0.29, 0.717) is 24.1 Å². The van der Waals surface area contributed by atoms with Gasteiger partial charge in [0.25, 0.3) is 0 Å². The first-order chi connectivity index (χ1) is 6.76. The second-order valence-electron chi connectivity index (χ2n) is 3.17. The van der Waals surface area contributed by atoms with Crippen LogP contribution < -0.4 is 5.73 Å². The van der Waals surface area contributed by atoms with E-state index in [0.717, 1.165) is 18.0 Å². The van der Waals surface area contributed by atoms with Gasteiger partial charge in [0.2, 0.25) is 5.89 Å². The van der Waals surface area contributed by atoms with Crippen LogP contribution in [0.25, 0.3) is 0 Å². The van der Waals surface area contributed by atoms with Gasteiger partial charge < -0.3 is 10.3 Å². The van der Waals surface area contributed by atoms with Crippen molar-refractivity contribution in [3.8, 4) is 0 Å². The molecule has 0 aliphatic heterocycles. The van der Waals surface area contributed by atoms with E-state index in [-0.39, 0.29) is 0 Å². The van der Waals surface area contributed by atoms with Crippen molar-refractivity contribution in [3.63, 3.8) is 0 Å². The van der Waals surface area contributed by atoms with Gasteiger partial charge >= 0.3 is 0 Å². The van der Waals surface area contributed by atoms with Crippen LogP contribution in [0, 0.1) is 0 Å². The molecule has 0 fully saturated rings. The molecule has 1 heterocycles. The van der Waals surface area contributed by atoms with Crippen molar-refractivity contribution in [2.45, 2.75) is 37.7 Å². The van der Waals surface area contributed by atoms with E-state index < -0.39 is 0 Å². The molecule has 1 atom stereocenters. The van der Waals surface area contributed by atoms with Crippen molar-refractivity contribution in [1.82, 2.24) is 10.1 Å². The van der Waals surface area contributed by atoms with Crippen LogP contribution in [0.3, 0.4) is 0 Å². The molecule has 0 amide bonds. The van der Waals surface area contributed by atoms with Crippen molar-refractivity contribution in [2.24, 2.45) is 5.73 Å². The molecule has 2 N–H and O–H groups in total. The first-order valence-electron chi connectivity index (χ1n) is 4.89. The fourth-order valence-electron chi connectivity index (χ4n) is 0.908. The van der Waals surface area contributed by atoms with Crippen LogP contribution in [-0.4, -0.2) is 21.9 Å². The molecule has 1 unspecified atom stereocenters. The highest BCUT2D eigenvalue weighted by molar-refractivity contribution is 7.99. The predicted octanol–water partition coefficient (Wildman–Crippen LogP) is 1.60. The summed E-state index contributed by atoms with van der Waals surface area (Å²) in [6.07, 6.45) is 1.83. The Morgan fingerprint density at radius 2 is 2.36 bits per heavy atom. The number of rotatable bonds is 6. The van der Waals surface area contributed by atoms with Crippen molar-refractivity contribution in [1.29, 1.82) is 0 Å². The van der Waals surface area contributed by atoms with Crippen molar-refractivity contribution in [2.75, 3.05) is 6.54 Å². The van der Waals surface area contributed by atoms with Gasteiger partial charge in [-0.05, 0) is 6.42 Å². The third-order valence-electron chi connectivity index (χ3n) is 1.94. The zero-order valence-corrected chi connectivity index (χ0v) is 9.51. The SMILES string of the molecule is CCC(C)SCc1noc(CCN)n1. The summed E-state index contributed by atoms with van der Waals surface area (Å²) in [7, 11) is 0. The van der Waals surface area contributed by atoms with Gasteiger partial charge in [-0.2, -0.15) is 16.7 Å². The highest BCUT2D eigenvalue weighted by Gasteiger charge is 2.07. The summed E-state index contributed by atoms with van der Waals surface area (Å²) in [5.41, 5.74) is 5.38. The van der Waals surface area contributed by atoms with Gasteiger partial charge in [0.05, 0.1) is 5.75 Å². The van der Waals surface area contributed by atoms with E-state index in [2.05, 4.69) is 24.0 Å². The van der Waals surface area contributed by atoms with Crippen LogP contribution in [0.2, 0.25) is 0 Å². The summed E-state index contributed by atoms with van der Waals surface area (Å²) in [6.45, 7) is 4.93. The van der Waals surface area contributed by atoms with Crippen LogP contribution in [0.4, 0.5) is 0 Å². The summed E-state index contributed by atoms with van der Waals surface area (Å²) >= 11 is 1.84. The third kappa shape index (κ3) is 3.67. The van der Waals surface area contributed by atoms with Crippen molar-refractivity contribution >= 4 is 11.8 Å². The fraction of sp³-hybridized carbons (Fsp3) is 0.778. The molecule has 1 aromatic heterocycles. The Labute approximate surface area is 88.6 Å². The molecule has 0 aliphatic carbocycles. The third-order valence-corrected chi connectivity index (χ3v) is 3.27. The molecular weight excluding hydrogens is 198 g/mol. The Morgan fingerprint density at radius 3 is 3.00 bits per heavy atom. The Hall–Kier alpha value is -0.550. The molecule has 4 nitrogen and oxygen atoms in total. The van der Waals surface area contributed by atoms with E-state index in [1.165, 1.54) is 0 Å². The van der Waals surface area contributed by atoms with Crippen molar-refractivity contribution < 1.29 is 4.52 Å². The molecule has 0 aromatic carbocycles. The molecular formula is C9H17N3OS. The summed E-state index contributed by atoms with van der Waals surface area (Å²) in [4.78, 5) is 4.23. The lowest BCUT2D eigenvalue weighted by molar-refractivity contribution is 0.376. The molecule has 80 valence electrons. The zero-order chi connectivity index (χ0) is 10.4. The Bertz CT molecular complexity index is 264. The highest BCUT2D eigenvalue weighted by Crippen LogP contribution is 2.17. The quantitative estimate of drug-likeness (QED) is 0.781. The maximum absolute atomic E-state index is 5.38. The average Bonchev–Trinajstić information content (AvgIpc) is 2.63. The summed E-state index contributed by atoms with van der Waals surface area (Å²) in [5, 5.41) is 4.52. The zero-order valence-electron chi connectivity index (χ0n) is 8.69.